The van der Waals surface area contributed by atoms with E-state index in [0.717, 1.165) is 55.6 Å². The Labute approximate surface area is 304 Å². The van der Waals surface area contributed by atoms with Crippen molar-refractivity contribution in [3.05, 3.63) is 122 Å². The highest BCUT2D eigenvalue weighted by atomic mass is 35.5. The van der Waals surface area contributed by atoms with E-state index in [4.69, 9.17) is 21.3 Å². The Morgan fingerprint density at radius 2 is 1.82 bits per heavy atom. The fraction of sp³-hybridized carbons (Fsp3) is 0.289. The lowest BCUT2D eigenvalue weighted by molar-refractivity contribution is -0.122. The number of amides is 2. The number of thiophene rings is 1. The van der Waals surface area contributed by atoms with Gasteiger partial charge in [0, 0.05) is 39.3 Å². The number of halogens is 1. The molecule has 0 saturated carbocycles. The molecule has 3 aromatic carbocycles. The molecule has 7 rings (SSSR count). The maximum absolute atomic E-state index is 13.4. The van der Waals surface area contributed by atoms with E-state index < -0.39 is 6.04 Å². The molecule has 2 amide bonds. The van der Waals surface area contributed by atoms with Crippen molar-refractivity contribution in [2.45, 2.75) is 58.8 Å². The van der Waals surface area contributed by atoms with Crippen LogP contribution in [0.1, 0.15) is 62.4 Å². The number of anilines is 1. The van der Waals surface area contributed by atoms with Crippen LogP contribution in [0, 0.1) is 20.8 Å². The molecular formula is C38H38ClN7O4S. The summed E-state index contributed by atoms with van der Waals surface area (Å²) in [5, 5.41) is 29.2. The molecule has 2 aliphatic heterocycles. The SMILES string of the molecule is Cc1sc2c(c1C)C(c1ccc(Cl)cc1)=N[C@@H](CC(=O)NCc1ccc(COc3ccc4c(c3)NCC(=O)N[C@H](CO)C4)cc1)c1nnc(C)n1-2. The van der Waals surface area contributed by atoms with Gasteiger partial charge < -0.3 is 25.8 Å². The Morgan fingerprint density at radius 1 is 1.06 bits per heavy atom. The average molecular weight is 724 g/mol. The van der Waals surface area contributed by atoms with Crippen molar-refractivity contribution in [1.29, 1.82) is 0 Å². The lowest BCUT2D eigenvalue weighted by Crippen LogP contribution is -2.43. The van der Waals surface area contributed by atoms with Gasteiger partial charge in [0.05, 0.1) is 31.3 Å². The summed E-state index contributed by atoms with van der Waals surface area (Å²) < 4.78 is 8.10. The first-order chi connectivity index (χ1) is 24.7. The van der Waals surface area contributed by atoms with Crippen molar-refractivity contribution < 1.29 is 19.4 Å². The van der Waals surface area contributed by atoms with Gasteiger partial charge in [-0.05, 0) is 67.6 Å². The zero-order chi connectivity index (χ0) is 35.6. The minimum absolute atomic E-state index is 0.106. The predicted octanol–water partition coefficient (Wildman–Crippen LogP) is 5.53. The zero-order valence-electron chi connectivity index (χ0n) is 28.5. The summed E-state index contributed by atoms with van der Waals surface area (Å²) >= 11 is 7.91. The van der Waals surface area contributed by atoms with E-state index in [2.05, 4.69) is 40.0 Å². The van der Waals surface area contributed by atoms with Crippen LogP contribution in [0.2, 0.25) is 5.02 Å². The smallest absolute Gasteiger partial charge is 0.239 e. The number of aliphatic hydroxyl groups excluding tert-OH is 1. The van der Waals surface area contributed by atoms with Crippen molar-refractivity contribution in [3.8, 4) is 10.8 Å². The highest BCUT2D eigenvalue weighted by molar-refractivity contribution is 7.15. The largest absolute Gasteiger partial charge is 0.489 e. The third-order valence-corrected chi connectivity index (χ3v) is 10.7. The highest BCUT2D eigenvalue weighted by Gasteiger charge is 2.32. The molecule has 4 N–H and O–H groups in total. The molecule has 0 aliphatic carbocycles. The molecule has 262 valence electrons. The minimum atomic E-state index is -0.545. The Balaban J connectivity index is 1.01. The van der Waals surface area contributed by atoms with Gasteiger partial charge in [-0.1, -0.05) is 54.1 Å². The van der Waals surface area contributed by atoms with Gasteiger partial charge >= 0.3 is 0 Å². The summed E-state index contributed by atoms with van der Waals surface area (Å²) in [6.07, 6.45) is 0.632. The molecule has 0 unspecified atom stereocenters. The van der Waals surface area contributed by atoms with Crippen molar-refractivity contribution in [2.75, 3.05) is 18.5 Å². The number of carbonyl (C=O) groups excluding carboxylic acids is 2. The Kier molecular flexibility index (Phi) is 9.90. The second kappa shape index (κ2) is 14.7. The number of benzene rings is 3. The van der Waals surface area contributed by atoms with Crippen LogP contribution in [0.5, 0.6) is 5.75 Å². The lowest BCUT2D eigenvalue weighted by Gasteiger charge is -2.23. The second-order valence-corrected chi connectivity index (χ2v) is 14.5. The molecule has 51 heavy (non-hydrogen) atoms. The van der Waals surface area contributed by atoms with Crippen molar-refractivity contribution >= 4 is 46.2 Å². The summed E-state index contributed by atoms with van der Waals surface area (Å²) in [4.78, 5) is 31.9. The van der Waals surface area contributed by atoms with Crippen LogP contribution in [-0.2, 0) is 29.2 Å². The van der Waals surface area contributed by atoms with Gasteiger partial charge in [0.2, 0.25) is 11.8 Å². The van der Waals surface area contributed by atoms with Gasteiger partial charge in [-0.15, -0.1) is 21.5 Å². The maximum atomic E-state index is 13.4. The fourth-order valence-electron chi connectivity index (χ4n) is 6.37. The molecule has 5 aromatic rings. The van der Waals surface area contributed by atoms with Crippen molar-refractivity contribution in [2.24, 2.45) is 4.99 Å². The number of nitrogens with zero attached hydrogens (tertiary/aromatic N) is 4. The molecule has 13 heteroatoms. The van der Waals surface area contributed by atoms with Crippen molar-refractivity contribution in [3.63, 3.8) is 0 Å². The van der Waals surface area contributed by atoms with Crippen LogP contribution < -0.4 is 20.7 Å². The topological polar surface area (TPSA) is 143 Å². The number of rotatable bonds is 9. The Morgan fingerprint density at radius 3 is 2.59 bits per heavy atom. The van der Waals surface area contributed by atoms with E-state index in [-0.39, 0.29) is 37.4 Å². The molecule has 0 radical (unpaired) electrons. The van der Waals surface area contributed by atoms with Crippen LogP contribution in [0.4, 0.5) is 5.69 Å². The molecule has 0 fully saturated rings. The number of aliphatic hydroxyl groups is 1. The van der Waals surface area contributed by atoms with Gasteiger partial charge in [-0.2, -0.15) is 0 Å². The number of aromatic nitrogens is 3. The maximum Gasteiger partial charge on any atom is 0.239 e. The molecule has 0 saturated heterocycles. The first-order valence-electron chi connectivity index (χ1n) is 16.8. The first kappa shape index (κ1) is 34.4. The third kappa shape index (κ3) is 7.39. The van der Waals surface area contributed by atoms with Gasteiger partial charge in [0.15, 0.2) is 5.82 Å². The monoisotopic (exact) mass is 723 g/mol. The van der Waals surface area contributed by atoms with Crippen molar-refractivity contribution in [1.82, 2.24) is 25.4 Å². The molecule has 4 heterocycles. The summed E-state index contributed by atoms with van der Waals surface area (Å²) in [6.45, 7) is 6.84. The number of carbonyl (C=O) groups is 2. The van der Waals surface area contributed by atoms with Crippen LogP contribution in [0.15, 0.2) is 71.7 Å². The third-order valence-electron chi connectivity index (χ3n) is 9.23. The minimum Gasteiger partial charge on any atom is -0.489 e. The molecule has 2 aliphatic rings. The molecule has 2 aromatic heterocycles. The van der Waals surface area contributed by atoms with E-state index in [9.17, 15) is 14.7 Å². The molecule has 0 spiro atoms. The molecule has 0 bridgehead atoms. The second-order valence-electron chi connectivity index (χ2n) is 12.8. The van der Waals surface area contributed by atoms with E-state index in [1.807, 2.05) is 78.2 Å². The van der Waals surface area contributed by atoms with Crippen LogP contribution in [0.3, 0.4) is 0 Å². The lowest BCUT2D eigenvalue weighted by atomic mass is 9.99. The molecule has 11 nitrogen and oxygen atoms in total. The molecular weight excluding hydrogens is 686 g/mol. The van der Waals surface area contributed by atoms with Gasteiger partial charge in [0.25, 0.3) is 0 Å². The fourth-order valence-corrected chi connectivity index (χ4v) is 7.71. The number of aliphatic imine (C=N–C) groups is 1. The van der Waals surface area contributed by atoms with Crippen LogP contribution in [-0.4, -0.2) is 56.6 Å². The van der Waals surface area contributed by atoms with E-state index >= 15 is 0 Å². The summed E-state index contributed by atoms with van der Waals surface area (Å²) in [6, 6.07) is 20.4. The zero-order valence-corrected chi connectivity index (χ0v) is 30.1. The highest BCUT2D eigenvalue weighted by Crippen LogP contribution is 2.39. The Hall–Kier alpha value is -5.04. The van der Waals surface area contributed by atoms with E-state index in [1.165, 1.54) is 4.88 Å². The Bertz CT molecular complexity index is 2120. The number of hydrogen-bond donors (Lipinski definition) is 4. The summed E-state index contributed by atoms with van der Waals surface area (Å²) in [5.41, 5.74) is 7.64. The quantitative estimate of drug-likeness (QED) is 0.157. The standard InChI is InChI=1S/C38H38ClN7O4S/c1-21-22(2)51-38-35(21)36(26-8-11-28(39)12-9-26)43-32(37-45-44-23(3)46(37)38)16-33(48)41-17-24-4-6-25(7-5-24)20-50-30-13-10-27-14-29(19-47)42-34(49)18-40-31(27)15-30/h4-13,15,29,32,40,47H,14,16-20H2,1-3H3,(H,41,48)(H,42,49)/t29-,32-/m0/s1. The van der Waals surface area contributed by atoms with Crippen LogP contribution >= 0.6 is 22.9 Å². The van der Waals surface area contributed by atoms with E-state index in [1.54, 1.807) is 11.3 Å². The summed E-state index contributed by atoms with van der Waals surface area (Å²) in [5.74, 6) is 1.75. The number of ether oxygens (including phenoxy) is 1. The first-order valence-corrected chi connectivity index (χ1v) is 18.0. The van der Waals surface area contributed by atoms with Gasteiger partial charge in [-0.3, -0.25) is 19.1 Å². The number of hydrogen-bond acceptors (Lipinski definition) is 9. The predicted molar refractivity (Wildman–Crippen MR) is 198 cm³/mol. The number of nitrogens with one attached hydrogen (secondary N) is 3. The number of fused-ring (bicyclic) bond motifs is 4. The van der Waals surface area contributed by atoms with Gasteiger partial charge in [0.1, 0.15) is 29.2 Å². The van der Waals surface area contributed by atoms with Crippen LogP contribution in [0.25, 0.3) is 5.00 Å². The van der Waals surface area contributed by atoms with E-state index in [0.29, 0.717) is 36.2 Å². The molecule has 2 atom stereocenters. The summed E-state index contributed by atoms with van der Waals surface area (Å²) in [7, 11) is 0. The average Bonchev–Trinajstić information content (AvgIpc) is 3.60. The van der Waals surface area contributed by atoms with Gasteiger partial charge in [-0.25, -0.2) is 0 Å². The number of aryl methyl sites for hydroxylation is 2. The normalized spacial score (nSPS) is 16.6.